The lowest BCUT2D eigenvalue weighted by Crippen LogP contribution is -2.25. The van der Waals surface area contributed by atoms with Crippen molar-refractivity contribution in [3.63, 3.8) is 0 Å². The summed E-state index contributed by atoms with van der Waals surface area (Å²) in [5, 5.41) is 12.7. The number of rotatable bonds is 5. The number of benzene rings is 1. The number of para-hydroxylation sites is 1. The predicted molar refractivity (Wildman–Crippen MR) is 84.3 cm³/mol. The number of amides is 1. The Balaban J connectivity index is 2.43. The van der Waals surface area contributed by atoms with Crippen molar-refractivity contribution < 1.29 is 10.0 Å². The highest BCUT2D eigenvalue weighted by molar-refractivity contribution is 6.38. The summed E-state index contributed by atoms with van der Waals surface area (Å²) >= 11 is 0. The summed E-state index contributed by atoms with van der Waals surface area (Å²) in [5.41, 5.74) is 8.86. The number of nitrogens with one attached hydrogen (secondary N) is 1. The van der Waals surface area contributed by atoms with E-state index in [1.807, 2.05) is 37.3 Å². The van der Waals surface area contributed by atoms with E-state index in [0.29, 0.717) is 0 Å². The summed E-state index contributed by atoms with van der Waals surface area (Å²) in [6.45, 7) is 5.76. The smallest absolute Gasteiger partial charge is 0.266 e. The van der Waals surface area contributed by atoms with Crippen LogP contribution < -0.4 is 5.73 Å². The molecule has 21 heavy (non-hydrogen) atoms. The maximum Gasteiger partial charge on any atom is 0.266 e. The molecule has 5 nitrogen and oxygen atoms in total. The van der Waals surface area contributed by atoms with Crippen molar-refractivity contribution in [3.05, 3.63) is 53.8 Å². The fourth-order valence-corrected chi connectivity index (χ4v) is 2.11. The number of nitrogens with zero attached hydrogens (tertiary/aromatic N) is 1. The number of allylic oxidation sites excluding steroid dienone is 2. The Hall–Kier alpha value is -2.82. The minimum Gasteiger partial charge on any atom is -0.410 e. The summed E-state index contributed by atoms with van der Waals surface area (Å²) in [7, 11) is 0. The molecule has 1 heterocycles. The van der Waals surface area contributed by atoms with Crippen LogP contribution in [0.15, 0.2) is 47.8 Å². The van der Waals surface area contributed by atoms with Crippen molar-refractivity contribution >= 4 is 28.6 Å². The Morgan fingerprint density at radius 1 is 1.52 bits per heavy atom. The highest BCUT2D eigenvalue weighted by Gasteiger charge is 2.13. The largest absolute Gasteiger partial charge is 0.410 e. The first-order valence-electron chi connectivity index (χ1n) is 6.46. The van der Waals surface area contributed by atoms with E-state index in [1.165, 1.54) is 0 Å². The van der Waals surface area contributed by atoms with E-state index in [9.17, 15) is 4.79 Å². The predicted octanol–water partition coefficient (Wildman–Crippen LogP) is 2.62. The van der Waals surface area contributed by atoms with Gasteiger partial charge in [0.25, 0.3) is 5.91 Å². The van der Waals surface area contributed by atoms with Crippen molar-refractivity contribution in [2.24, 2.45) is 10.9 Å². The molecule has 0 radical (unpaired) electrons. The molecule has 108 valence electrons. The number of aromatic nitrogens is 1. The van der Waals surface area contributed by atoms with Gasteiger partial charge in [-0.1, -0.05) is 47.7 Å². The molecule has 0 saturated heterocycles. The molecule has 0 spiro atoms. The summed E-state index contributed by atoms with van der Waals surface area (Å²) in [4.78, 5) is 14.3. The minimum atomic E-state index is -0.731. The van der Waals surface area contributed by atoms with Gasteiger partial charge >= 0.3 is 0 Å². The summed E-state index contributed by atoms with van der Waals surface area (Å²) in [6, 6.07) is 5.85. The van der Waals surface area contributed by atoms with Gasteiger partial charge in [-0.25, -0.2) is 0 Å². The standard InChI is InChI=1S/C16H17N3O2/c1-10(2)6-7-11-4-3-5-13-12(9-18-15(11)13)8-14(19-21)16(17)20/h3-7,9,18,21H,1,8H2,2H3,(H2,17,20). The average Bonchev–Trinajstić information content (AvgIpc) is 2.85. The molecule has 1 aromatic carbocycles. The molecule has 2 rings (SSSR count). The van der Waals surface area contributed by atoms with Crippen LogP contribution >= 0.6 is 0 Å². The molecule has 0 aliphatic heterocycles. The Bertz CT molecular complexity index is 754. The summed E-state index contributed by atoms with van der Waals surface area (Å²) in [5.74, 6) is -0.731. The molecule has 0 atom stereocenters. The Kier molecular flexibility index (Phi) is 4.23. The SMILES string of the molecule is C=C(C)C=Cc1cccc2c(CC(=NO)C(N)=O)c[nH]c12. The number of nitrogens with two attached hydrogens (primary N) is 1. The number of fused-ring (bicyclic) bond motifs is 1. The monoisotopic (exact) mass is 283 g/mol. The molecular formula is C16H17N3O2. The topological polar surface area (TPSA) is 91.5 Å². The van der Waals surface area contributed by atoms with Crippen LogP contribution in [0.1, 0.15) is 18.1 Å². The third-order valence-electron chi connectivity index (χ3n) is 3.14. The first-order chi connectivity index (χ1) is 10.0. The number of carbonyl (C=O) groups is 1. The van der Waals surface area contributed by atoms with Crippen LogP contribution in [0.3, 0.4) is 0 Å². The van der Waals surface area contributed by atoms with Gasteiger partial charge in [-0.2, -0.15) is 0 Å². The Morgan fingerprint density at radius 3 is 2.90 bits per heavy atom. The molecule has 0 fully saturated rings. The van der Waals surface area contributed by atoms with Crippen LogP contribution in [0.5, 0.6) is 0 Å². The number of aromatic amines is 1. The molecule has 1 aromatic heterocycles. The van der Waals surface area contributed by atoms with Gasteiger partial charge in [-0.15, -0.1) is 0 Å². The zero-order valence-electron chi connectivity index (χ0n) is 11.8. The van der Waals surface area contributed by atoms with Crippen molar-refractivity contribution in [1.29, 1.82) is 0 Å². The van der Waals surface area contributed by atoms with Gasteiger partial charge in [0.1, 0.15) is 5.71 Å². The first kappa shape index (κ1) is 14.6. The highest BCUT2D eigenvalue weighted by atomic mass is 16.4. The lowest BCUT2D eigenvalue weighted by Gasteiger charge is -2.01. The van der Waals surface area contributed by atoms with Gasteiger partial charge in [0, 0.05) is 18.0 Å². The molecule has 0 aliphatic rings. The van der Waals surface area contributed by atoms with Crippen molar-refractivity contribution in [2.75, 3.05) is 0 Å². The van der Waals surface area contributed by atoms with E-state index in [1.54, 1.807) is 6.20 Å². The van der Waals surface area contributed by atoms with Gasteiger partial charge in [0.05, 0.1) is 5.52 Å². The zero-order chi connectivity index (χ0) is 15.4. The minimum absolute atomic E-state index is 0.0706. The molecule has 5 heteroatoms. The van der Waals surface area contributed by atoms with Gasteiger partial charge in [-0.05, 0) is 18.1 Å². The van der Waals surface area contributed by atoms with E-state index >= 15 is 0 Å². The third kappa shape index (κ3) is 3.20. The number of primary amides is 1. The molecular weight excluding hydrogens is 266 g/mol. The van der Waals surface area contributed by atoms with Crippen LogP contribution in [0, 0.1) is 0 Å². The van der Waals surface area contributed by atoms with E-state index < -0.39 is 5.91 Å². The molecule has 2 aromatic rings. The van der Waals surface area contributed by atoms with Crippen molar-refractivity contribution in [1.82, 2.24) is 4.98 Å². The van der Waals surface area contributed by atoms with Crippen LogP contribution in [-0.4, -0.2) is 21.8 Å². The molecule has 0 saturated carbocycles. The molecule has 4 N–H and O–H groups in total. The second-order valence-electron chi connectivity index (χ2n) is 4.85. The number of hydrogen-bond acceptors (Lipinski definition) is 3. The van der Waals surface area contributed by atoms with E-state index in [-0.39, 0.29) is 12.1 Å². The van der Waals surface area contributed by atoms with Crippen LogP contribution in [-0.2, 0) is 11.2 Å². The molecule has 1 amide bonds. The van der Waals surface area contributed by atoms with E-state index in [0.717, 1.165) is 27.6 Å². The lowest BCUT2D eigenvalue weighted by molar-refractivity contribution is -0.112. The highest BCUT2D eigenvalue weighted by Crippen LogP contribution is 2.23. The molecule has 0 aliphatic carbocycles. The fraction of sp³-hybridized carbons (Fsp3) is 0.125. The number of oxime groups is 1. The van der Waals surface area contributed by atoms with Gasteiger partial charge in [-0.3, -0.25) is 4.79 Å². The van der Waals surface area contributed by atoms with Crippen LogP contribution in [0.4, 0.5) is 0 Å². The molecule has 0 unspecified atom stereocenters. The van der Waals surface area contributed by atoms with Gasteiger partial charge in [0.2, 0.25) is 0 Å². The second kappa shape index (κ2) is 6.09. The maximum atomic E-state index is 11.1. The normalized spacial score (nSPS) is 12.1. The average molecular weight is 283 g/mol. The zero-order valence-corrected chi connectivity index (χ0v) is 11.8. The number of carbonyl (C=O) groups excluding carboxylic acids is 1. The van der Waals surface area contributed by atoms with Gasteiger partial charge < -0.3 is 15.9 Å². The number of hydrogen-bond donors (Lipinski definition) is 3. The van der Waals surface area contributed by atoms with Crippen LogP contribution in [0.2, 0.25) is 0 Å². The number of H-pyrrole nitrogens is 1. The van der Waals surface area contributed by atoms with Crippen LogP contribution in [0.25, 0.3) is 17.0 Å². The lowest BCUT2D eigenvalue weighted by atomic mass is 10.0. The van der Waals surface area contributed by atoms with Gasteiger partial charge in [0.15, 0.2) is 0 Å². The van der Waals surface area contributed by atoms with Crippen molar-refractivity contribution in [2.45, 2.75) is 13.3 Å². The first-order valence-corrected chi connectivity index (χ1v) is 6.46. The Labute approximate surface area is 122 Å². The maximum absolute atomic E-state index is 11.1. The summed E-state index contributed by atoms with van der Waals surface area (Å²) in [6.07, 6.45) is 5.87. The van der Waals surface area contributed by atoms with Crippen molar-refractivity contribution in [3.8, 4) is 0 Å². The second-order valence-corrected chi connectivity index (χ2v) is 4.85. The van der Waals surface area contributed by atoms with E-state index in [2.05, 4.69) is 16.7 Å². The third-order valence-corrected chi connectivity index (χ3v) is 3.14. The van der Waals surface area contributed by atoms with E-state index in [4.69, 9.17) is 10.9 Å². The molecule has 0 bridgehead atoms. The fourth-order valence-electron chi connectivity index (χ4n) is 2.11. The summed E-state index contributed by atoms with van der Waals surface area (Å²) < 4.78 is 0. The quantitative estimate of drug-likeness (QED) is 0.340. The Morgan fingerprint density at radius 2 is 2.29 bits per heavy atom.